The summed E-state index contributed by atoms with van der Waals surface area (Å²) in [6.45, 7) is 8.28. The first-order valence-electron chi connectivity index (χ1n) is 20.2. The van der Waals surface area contributed by atoms with Crippen LogP contribution in [0.3, 0.4) is 0 Å². The number of nitrogens with one attached hydrogen (secondary N) is 4. The number of nitrogens with zero attached hydrogens (tertiary/aromatic N) is 4. The first-order chi connectivity index (χ1) is 28.6. The third kappa shape index (κ3) is 8.97. The van der Waals surface area contributed by atoms with Crippen molar-refractivity contribution < 1.29 is 38.1 Å². The zero-order valence-corrected chi connectivity index (χ0v) is 34.2. The largest absolute Gasteiger partial charge is 0.488 e. The van der Waals surface area contributed by atoms with Crippen molar-refractivity contribution in [3.8, 4) is 28.1 Å². The number of carbonyl (C=O) groups is 4. The maximum atomic E-state index is 14.0. The molecule has 4 N–H and O–H groups in total. The van der Waals surface area contributed by atoms with Gasteiger partial charge in [-0.25, -0.2) is 19.6 Å². The molecule has 0 saturated carbocycles. The Balaban J connectivity index is 1.10. The Morgan fingerprint density at radius 3 is 2.49 bits per heavy atom. The number of methoxy groups -OCH3 is 2. The maximum Gasteiger partial charge on any atom is 0.407 e. The van der Waals surface area contributed by atoms with Gasteiger partial charge < -0.3 is 49.3 Å². The molecule has 1 saturated heterocycles. The van der Waals surface area contributed by atoms with Crippen LogP contribution in [0.1, 0.15) is 63.7 Å². The molecule has 0 aliphatic carbocycles. The van der Waals surface area contributed by atoms with E-state index >= 15 is 0 Å². The number of fused-ring (bicyclic) bond motifs is 6. The summed E-state index contributed by atoms with van der Waals surface area (Å²) in [7, 11) is 2.56. The molecule has 5 aromatic rings. The molecule has 4 amide bonds. The number of aromatic amines is 2. The quantitative estimate of drug-likeness (QED) is 0.103. The topological polar surface area (TPSA) is 193 Å². The lowest BCUT2D eigenvalue weighted by atomic mass is 9.90. The average molecular weight is 809 g/mol. The minimum absolute atomic E-state index is 0.0604. The summed E-state index contributed by atoms with van der Waals surface area (Å²) in [5.41, 5.74) is 6.45. The Morgan fingerprint density at radius 1 is 0.949 bits per heavy atom. The standard InChI is InChI=1S/C43H52N8O8/c1-6-14-50(41(53)39(49-43(55)57-5)26-12-15-58-16-13-26)22-37-46-33-11-9-27-18-32-30-10-8-28(17-29(30)24-59-35(32)19-31(27)40(33)48-37)34-20-44-36(47-34)23-51(25(3)7-2)38(52)21-45-42(54)56-4/h8-11,17-20,25-26,39H,6-7,12-16,21-24H2,1-5H3,(H,44,47)(H,45,54)(H,46,48)(H,49,55)/t25-,39?/m0/s1. The number of hydrogen-bond acceptors (Lipinski definition) is 10. The Kier molecular flexibility index (Phi) is 12.6. The van der Waals surface area contributed by atoms with Gasteiger partial charge in [-0.2, -0.15) is 0 Å². The van der Waals surface area contributed by atoms with Gasteiger partial charge in [0.15, 0.2) is 0 Å². The van der Waals surface area contributed by atoms with Crippen LogP contribution in [0.4, 0.5) is 9.59 Å². The summed E-state index contributed by atoms with van der Waals surface area (Å²) in [5, 5.41) is 7.20. The van der Waals surface area contributed by atoms with Crippen LogP contribution in [0.5, 0.6) is 5.75 Å². The molecule has 0 spiro atoms. The van der Waals surface area contributed by atoms with Crippen molar-refractivity contribution in [1.29, 1.82) is 0 Å². The number of H-pyrrole nitrogens is 2. The summed E-state index contributed by atoms with van der Waals surface area (Å²) in [4.78, 5) is 70.8. The second kappa shape index (κ2) is 18.2. The molecule has 7 rings (SSSR count). The maximum absolute atomic E-state index is 14.0. The van der Waals surface area contributed by atoms with Gasteiger partial charge in [-0.1, -0.05) is 32.0 Å². The molecular formula is C43H52N8O8. The summed E-state index contributed by atoms with van der Waals surface area (Å²) in [6.07, 6.45) is 3.29. The Bertz CT molecular complexity index is 2330. The van der Waals surface area contributed by atoms with E-state index in [0.717, 1.165) is 68.3 Å². The van der Waals surface area contributed by atoms with E-state index in [1.165, 1.54) is 14.2 Å². The highest BCUT2D eigenvalue weighted by molar-refractivity contribution is 6.07. The van der Waals surface area contributed by atoms with Gasteiger partial charge in [0.05, 0.1) is 50.2 Å². The number of imidazole rings is 2. The number of alkyl carbamates (subject to hydrolysis) is 2. The minimum atomic E-state index is -0.727. The fourth-order valence-corrected chi connectivity index (χ4v) is 7.89. The Labute approximate surface area is 342 Å². The van der Waals surface area contributed by atoms with Crippen molar-refractivity contribution in [2.45, 2.75) is 78.2 Å². The number of hydrogen-bond donors (Lipinski definition) is 4. The fraction of sp³-hybridized carbons (Fsp3) is 0.442. The lowest BCUT2D eigenvalue weighted by Crippen LogP contribution is -2.53. The van der Waals surface area contributed by atoms with Crippen molar-refractivity contribution >= 4 is 45.8 Å². The van der Waals surface area contributed by atoms with E-state index in [4.69, 9.17) is 19.2 Å². The molecule has 2 aromatic heterocycles. The second-order valence-corrected chi connectivity index (χ2v) is 15.1. The summed E-state index contributed by atoms with van der Waals surface area (Å²) in [5.74, 6) is 1.57. The predicted octanol–water partition coefficient (Wildman–Crippen LogP) is 6.04. The first kappa shape index (κ1) is 41.0. The third-order valence-corrected chi connectivity index (χ3v) is 11.3. The Morgan fingerprint density at radius 2 is 1.75 bits per heavy atom. The van der Waals surface area contributed by atoms with Crippen molar-refractivity contribution in [3.63, 3.8) is 0 Å². The van der Waals surface area contributed by atoms with Gasteiger partial charge in [-0.3, -0.25) is 9.59 Å². The van der Waals surface area contributed by atoms with E-state index in [0.29, 0.717) is 50.9 Å². The van der Waals surface area contributed by atoms with Gasteiger partial charge in [0, 0.05) is 36.8 Å². The van der Waals surface area contributed by atoms with Crippen LogP contribution in [-0.4, -0.2) is 106 Å². The van der Waals surface area contributed by atoms with E-state index in [2.05, 4.69) is 54.6 Å². The predicted molar refractivity (Wildman–Crippen MR) is 220 cm³/mol. The van der Waals surface area contributed by atoms with Gasteiger partial charge >= 0.3 is 12.2 Å². The number of carbonyl (C=O) groups excluding carboxylic acids is 4. The van der Waals surface area contributed by atoms with Crippen molar-refractivity contribution in [3.05, 3.63) is 65.9 Å². The molecule has 1 unspecified atom stereocenters. The molecule has 2 atom stereocenters. The molecule has 4 heterocycles. The average Bonchev–Trinajstić information content (AvgIpc) is 3.92. The lowest BCUT2D eigenvalue weighted by Gasteiger charge is -2.33. The van der Waals surface area contributed by atoms with E-state index in [-0.39, 0.29) is 43.4 Å². The molecular weight excluding hydrogens is 757 g/mol. The summed E-state index contributed by atoms with van der Waals surface area (Å²) >= 11 is 0. The van der Waals surface area contributed by atoms with Gasteiger partial charge in [-0.15, -0.1) is 0 Å². The number of rotatable bonds is 14. The number of amides is 4. The molecule has 2 aliphatic rings. The molecule has 0 radical (unpaired) electrons. The highest BCUT2D eigenvalue weighted by Gasteiger charge is 2.35. The lowest BCUT2D eigenvalue weighted by molar-refractivity contribution is -0.136. The van der Waals surface area contributed by atoms with Crippen molar-refractivity contribution in [2.75, 3.05) is 40.5 Å². The van der Waals surface area contributed by atoms with Gasteiger partial charge in [0.2, 0.25) is 11.8 Å². The van der Waals surface area contributed by atoms with E-state index in [1.54, 1.807) is 16.0 Å². The van der Waals surface area contributed by atoms with E-state index in [1.807, 2.05) is 39.0 Å². The molecule has 59 heavy (non-hydrogen) atoms. The van der Waals surface area contributed by atoms with Crippen LogP contribution in [0.2, 0.25) is 0 Å². The molecule has 0 bridgehead atoms. The van der Waals surface area contributed by atoms with E-state index < -0.39 is 18.2 Å². The Hall–Kier alpha value is -6.16. The van der Waals surface area contributed by atoms with Gasteiger partial charge in [-0.05, 0) is 84.9 Å². The first-order valence-corrected chi connectivity index (χ1v) is 20.2. The van der Waals surface area contributed by atoms with Crippen molar-refractivity contribution in [2.24, 2.45) is 5.92 Å². The smallest absolute Gasteiger partial charge is 0.407 e. The van der Waals surface area contributed by atoms with Crippen molar-refractivity contribution in [1.82, 2.24) is 40.4 Å². The van der Waals surface area contributed by atoms with Gasteiger partial charge in [0.25, 0.3) is 0 Å². The SMILES string of the molecule is CCCN(Cc1nc2c(ccc3cc4c(cc32)OCc2cc(-c3cnc(CN(C(=O)CNC(=O)OC)[C@@H](C)CC)[nH]3)ccc2-4)[nH]1)C(=O)C(NC(=O)OC)C1CCOCC1. The van der Waals surface area contributed by atoms with Crippen LogP contribution < -0.4 is 15.4 Å². The van der Waals surface area contributed by atoms with Crippen LogP contribution >= 0.6 is 0 Å². The molecule has 3 aromatic carbocycles. The molecule has 16 nitrogen and oxygen atoms in total. The number of benzene rings is 3. The van der Waals surface area contributed by atoms with Crippen LogP contribution in [-0.2, 0) is 43.5 Å². The van der Waals surface area contributed by atoms with Crippen LogP contribution in [0, 0.1) is 5.92 Å². The van der Waals surface area contributed by atoms with Crippen LogP contribution in [0.15, 0.2) is 48.7 Å². The molecule has 2 aliphatic heterocycles. The molecule has 1 fully saturated rings. The van der Waals surface area contributed by atoms with Crippen LogP contribution in [0.25, 0.3) is 44.2 Å². The second-order valence-electron chi connectivity index (χ2n) is 15.1. The normalized spacial score (nSPS) is 14.7. The molecule has 312 valence electrons. The zero-order valence-electron chi connectivity index (χ0n) is 34.2. The number of aromatic nitrogens is 4. The minimum Gasteiger partial charge on any atom is -0.488 e. The third-order valence-electron chi connectivity index (χ3n) is 11.3. The summed E-state index contributed by atoms with van der Waals surface area (Å²) < 4.78 is 21.4. The van der Waals surface area contributed by atoms with E-state index in [9.17, 15) is 19.2 Å². The van der Waals surface area contributed by atoms with Gasteiger partial charge in [0.1, 0.15) is 36.6 Å². The number of ether oxygens (including phenoxy) is 4. The highest BCUT2D eigenvalue weighted by Crippen LogP contribution is 2.42. The molecule has 16 heteroatoms. The highest BCUT2D eigenvalue weighted by atomic mass is 16.5. The zero-order chi connectivity index (χ0) is 41.6. The monoisotopic (exact) mass is 808 g/mol. The summed E-state index contributed by atoms with van der Waals surface area (Å²) in [6, 6.07) is 13.7. The fourth-order valence-electron chi connectivity index (χ4n) is 7.89.